The molecular weight excluding hydrogens is 492 g/mol. The normalized spacial score (nSPS) is 15.5. The van der Waals surface area contributed by atoms with Crippen LogP contribution in [0.4, 0.5) is 0 Å². The van der Waals surface area contributed by atoms with Crippen molar-refractivity contribution in [2.24, 2.45) is 4.99 Å². The number of ketones is 1. The molecule has 3 aromatic heterocycles. The molecule has 0 saturated carbocycles. The van der Waals surface area contributed by atoms with E-state index in [0.29, 0.717) is 43.6 Å². The Morgan fingerprint density at radius 1 is 1.08 bits per heavy atom. The van der Waals surface area contributed by atoms with E-state index < -0.39 is 12.0 Å². The lowest BCUT2D eigenvalue weighted by molar-refractivity contribution is -0.139. The summed E-state index contributed by atoms with van der Waals surface area (Å²) in [5.74, 6) is 1.67. The van der Waals surface area contributed by atoms with E-state index in [9.17, 15) is 14.4 Å². The molecule has 1 aliphatic heterocycles. The SMILES string of the molecule is CCOC(=O)C1=C(C)N=c2s/c(=C\c3ccc(-c4ccc(C(C)=O)cc4)o3)c(=O)n2[C@@H]1c1ccc(C)o1. The van der Waals surface area contributed by atoms with Gasteiger partial charge in [0.15, 0.2) is 10.6 Å². The highest BCUT2D eigenvalue weighted by molar-refractivity contribution is 7.07. The highest BCUT2D eigenvalue weighted by Crippen LogP contribution is 2.31. The molecule has 0 unspecified atom stereocenters. The molecule has 4 aromatic rings. The summed E-state index contributed by atoms with van der Waals surface area (Å²) in [4.78, 5) is 43.0. The first kappa shape index (κ1) is 24.5. The van der Waals surface area contributed by atoms with Crippen molar-refractivity contribution in [2.75, 3.05) is 6.61 Å². The minimum Gasteiger partial charge on any atom is -0.464 e. The molecule has 0 spiro atoms. The van der Waals surface area contributed by atoms with E-state index in [-0.39, 0.29) is 23.5 Å². The lowest BCUT2D eigenvalue weighted by Crippen LogP contribution is -2.39. The Hall–Kier alpha value is -4.24. The number of carbonyl (C=O) groups is 2. The van der Waals surface area contributed by atoms with Gasteiger partial charge in [-0.15, -0.1) is 0 Å². The second kappa shape index (κ2) is 9.67. The van der Waals surface area contributed by atoms with E-state index in [1.54, 1.807) is 57.2 Å². The van der Waals surface area contributed by atoms with Gasteiger partial charge in [0, 0.05) is 17.2 Å². The number of aromatic nitrogens is 1. The van der Waals surface area contributed by atoms with Crippen LogP contribution in [0.25, 0.3) is 17.4 Å². The fraction of sp³-hybridized carbons (Fsp3) is 0.214. The molecule has 1 aromatic carbocycles. The summed E-state index contributed by atoms with van der Waals surface area (Å²) >= 11 is 1.21. The molecule has 188 valence electrons. The largest absolute Gasteiger partial charge is 0.464 e. The van der Waals surface area contributed by atoms with E-state index in [0.717, 1.165) is 5.56 Å². The zero-order chi connectivity index (χ0) is 26.3. The quantitative estimate of drug-likeness (QED) is 0.282. The zero-order valence-electron chi connectivity index (χ0n) is 20.7. The summed E-state index contributed by atoms with van der Waals surface area (Å²) < 4.78 is 19.0. The van der Waals surface area contributed by atoms with Crippen LogP contribution in [0.3, 0.4) is 0 Å². The van der Waals surface area contributed by atoms with Crippen LogP contribution >= 0.6 is 11.3 Å². The fourth-order valence-corrected chi connectivity index (χ4v) is 5.27. The number of hydrogen-bond donors (Lipinski definition) is 0. The van der Waals surface area contributed by atoms with Crippen molar-refractivity contribution in [3.05, 3.63) is 102 Å². The Morgan fingerprint density at radius 3 is 2.49 bits per heavy atom. The number of allylic oxidation sites excluding steroid dienone is 1. The van der Waals surface area contributed by atoms with E-state index >= 15 is 0 Å². The predicted octanol–water partition coefficient (Wildman–Crippen LogP) is 4.16. The number of hydrogen-bond acceptors (Lipinski definition) is 8. The predicted molar refractivity (Wildman–Crippen MR) is 138 cm³/mol. The topological polar surface area (TPSA) is 104 Å². The number of nitrogens with zero attached hydrogens (tertiary/aromatic N) is 2. The van der Waals surface area contributed by atoms with E-state index in [1.165, 1.54) is 22.8 Å². The molecule has 0 amide bonds. The van der Waals surface area contributed by atoms with Crippen LogP contribution in [0.5, 0.6) is 0 Å². The average molecular weight is 517 g/mol. The summed E-state index contributed by atoms with van der Waals surface area (Å²) in [5, 5.41) is 0. The molecule has 37 heavy (non-hydrogen) atoms. The van der Waals surface area contributed by atoms with Crippen molar-refractivity contribution in [1.82, 2.24) is 4.57 Å². The Labute approximate surface area is 215 Å². The number of ether oxygens (including phenoxy) is 1. The maximum Gasteiger partial charge on any atom is 0.338 e. The summed E-state index contributed by atoms with van der Waals surface area (Å²) in [7, 11) is 0. The Bertz CT molecular complexity index is 1730. The van der Waals surface area contributed by atoms with Crippen LogP contribution in [0.2, 0.25) is 0 Å². The van der Waals surface area contributed by atoms with Crippen molar-refractivity contribution in [2.45, 2.75) is 33.7 Å². The van der Waals surface area contributed by atoms with Crippen molar-refractivity contribution >= 4 is 29.2 Å². The molecule has 0 saturated heterocycles. The van der Waals surface area contributed by atoms with Gasteiger partial charge in [-0.3, -0.25) is 14.2 Å². The van der Waals surface area contributed by atoms with Gasteiger partial charge in [-0.05, 0) is 52.0 Å². The van der Waals surface area contributed by atoms with Crippen LogP contribution in [-0.4, -0.2) is 22.9 Å². The molecule has 0 aliphatic carbocycles. The lowest BCUT2D eigenvalue weighted by atomic mass is 10.0. The first-order chi connectivity index (χ1) is 17.8. The summed E-state index contributed by atoms with van der Waals surface area (Å²) in [6, 6.07) is 13.5. The second-order valence-electron chi connectivity index (χ2n) is 8.59. The van der Waals surface area contributed by atoms with Crippen LogP contribution < -0.4 is 14.9 Å². The van der Waals surface area contributed by atoms with Gasteiger partial charge >= 0.3 is 5.97 Å². The number of esters is 1. The number of thiazole rings is 1. The first-order valence-corrected chi connectivity index (χ1v) is 12.6. The molecule has 0 bridgehead atoms. The maximum atomic E-state index is 13.6. The number of rotatable bonds is 6. The van der Waals surface area contributed by atoms with Gasteiger partial charge in [-0.1, -0.05) is 35.6 Å². The van der Waals surface area contributed by atoms with Crippen molar-refractivity contribution in [3.8, 4) is 11.3 Å². The average Bonchev–Trinajstić information content (AvgIpc) is 3.58. The Kier molecular flexibility index (Phi) is 6.39. The van der Waals surface area contributed by atoms with Crippen LogP contribution in [-0.2, 0) is 9.53 Å². The molecule has 4 heterocycles. The number of Topliss-reactive ketones (excluding diaryl/α,β-unsaturated/α-hetero) is 1. The highest BCUT2D eigenvalue weighted by Gasteiger charge is 2.35. The summed E-state index contributed by atoms with van der Waals surface area (Å²) in [5.41, 5.74) is 1.86. The van der Waals surface area contributed by atoms with Gasteiger partial charge in [0.1, 0.15) is 29.1 Å². The van der Waals surface area contributed by atoms with Gasteiger partial charge < -0.3 is 13.6 Å². The molecule has 8 nitrogen and oxygen atoms in total. The third-order valence-electron chi connectivity index (χ3n) is 6.02. The molecule has 1 atom stereocenters. The second-order valence-corrected chi connectivity index (χ2v) is 9.60. The first-order valence-electron chi connectivity index (χ1n) is 11.7. The van der Waals surface area contributed by atoms with E-state index in [1.807, 2.05) is 18.2 Å². The van der Waals surface area contributed by atoms with Crippen molar-refractivity contribution < 1.29 is 23.2 Å². The monoisotopic (exact) mass is 516 g/mol. The number of aryl methyl sites for hydroxylation is 1. The van der Waals surface area contributed by atoms with Gasteiger partial charge in [0.05, 0.1) is 22.4 Å². The van der Waals surface area contributed by atoms with Gasteiger partial charge in [0.25, 0.3) is 5.56 Å². The maximum absolute atomic E-state index is 13.6. The third-order valence-corrected chi connectivity index (χ3v) is 7.01. The number of benzene rings is 1. The van der Waals surface area contributed by atoms with Gasteiger partial charge in [-0.2, -0.15) is 0 Å². The standard InChI is InChI=1S/C28H24N2O6S/c1-5-34-27(33)24-16(3)29-28-30(25(24)22-12-6-15(2)35-22)26(32)23(37-28)14-20-11-13-21(36-20)19-9-7-18(8-10-19)17(4)31/h6-14,25H,5H2,1-4H3/b23-14-/t25-/m1/s1. The van der Waals surface area contributed by atoms with Crippen LogP contribution in [0.15, 0.2) is 78.4 Å². The van der Waals surface area contributed by atoms with Crippen molar-refractivity contribution in [3.63, 3.8) is 0 Å². The molecule has 9 heteroatoms. The van der Waals surface area contributed by atoms with Crippen molar-refractivity contribution in [1.29, 1.82) is 0 Å². The fourth-order valence-electron chi connectivity index (χ4n) is 4.25. The molecule has 0 N–H and O–H groups in total. The van der Waals surface area contributed by atoms with Gasteiger partial charge in [0.2, 0.25) is 0 Å². The molecular formula is C28H24N2O6S. The number of furan rings is 2. The van der Waals surface area contributed by atoms with E-state index in [4.69, 9.17) is 13.6 Å². The highest BCUT2D eigenvalue weighted by atomic mass is 32.1. The van der Waals surface area contributed by atoms with E-state index in [2.05, 4.69) is 4.99 Å². The Morgan fingerprint density at radius 2 is 1.84 bits per heavy atom. The van der Waals surface area contributed by atoms with Crippen LogP contribution in [0.1, 0.15) is 54.5 Å². The number of carbonyl (C=O) groups excluding carboxylic acids is 2. The third kappa shape index (κ3) is 4.53. The minimum atomic E-state index is -0.793. The number of fused-ring (bicyclic) bond motifs is 1. The van der Waals surface area contributed by atoms with Gasteiger partial charge in [-0.25, -0.2) is 9.79 Å². The molecule has 0 fully saturated rings. The zero-order valence-corrected chi connectivity index (χ0v) is 21.5. The smallest absolute Gasteiger partial charge is 0.338 e. The lowest BCUT2D eigenvalue weighted by Gasteiger charge is -2.22. The molecule has 5 rings (SSSR count). The molecule has 1 aliphatic rings. The summed E-state index contributed by atoms with van der Waals surface area (Å²) in [6.07, 6.45) is 1.66. The van der Waals surface area contributed by atoms with Crippen LogP contribution in [0, 0.1) is 6.92 Å². The Balaban J connectivity index is 1.58. The molecule has 0 radical (unpaired) electrons. The minimum absolute atomic E-state index is 0.00794. The summed E-state index contributed by atoms with van der Waals surface area (Å²) in [6.45, 7) is 6.97.